The Morgan fingerprint density at radius 1 is 1.27 bits per heavy atom. The highest BCUT2D eigenvalue weighted by Crippen LogP contribution is 2.43. The lowest BCUT2D eigenvalue weighted by Gasteiger charge is -2.35. The van der Waals surface area contributed by atoms with Gasteiger partial charge in [0.15, 0.2) is 5.58 Å². The molecule has 3 aromatic rings. The van der Waals surface area contributed by atoms with E-state index in [1.807, 2.05) is 41.3 Å². The van der Waals surface area contributed by atoms with E-state index in [-0.39, 0.29) is 24.1 Å². The smallest absolute Gasteiger partial charge is 0.400 e. The predicted molar refractivity (Wildman–Crippen MR) is 127 cm³/mol. The summed E-state index contributed by atoms with van der Waals surface area (Å²) in [5.41, 5.74) is 10.6. The van der Waals surface area contributed by atoms with Crippen LogP contribution in [0.1, 0.15) is 31.4 Å². The molecule has 1 amide bonds. The molecule has 2 N–H and O–H groups in total. The monoisotopic (exact) mass is 446 g/mol. The van der Waals surface area contributed by atoms with Crippen LogP contribution in [0.25, 0.3) is 16.7 Å². The van der Waals surface area contributed by atoms with E-state index in [1.54, 1.807) is 13.1 Å². The van der Waals surface area contributed by atoms with Gasteiger partial charge in [-0.15, -0.1) is 0 Å². The highest BCUT2D eigenvalue weighted by molar-refractivity contribution is 6.11. The van der Waals surface area contributed by atoms with Gasteiger partial charge in [0.2, 0.25) is 5.91 Å². The Kier molecular flexibility index (Phi) is 5.60. The summed E-state index contributed by atoms with van der Waals surface area (Å²) in [6.45, 7) is 4.85. The quantitative estimate of drug-likeness (QED) is 0.593. The van der Waals surface area contributed by atoms with Gasteiger partial charge in [-0.1, -0.05) is 12.1 Å². The number of ether oxygens (including phenoxy) is 2. The second kappa shape index (κ2) is 8.71. The molecule has 2 aromatic carbocycles. The standard InChI is InChI=1S/C25H26N4O4/c1-15-7-8-20-22(29(15)16(2)30)10-9-19(17(11-26)12-27-18-13-31-14-18)24(20)33-25-28-21-5-3-4-6-23(21)32-25/h3-6,9-12,15,18H,7-8,13-14,26H2,1-2H3. The summed E-state index contributed by atoms with van der Waals surface area (Å²) in [5, 5.41) is 0. The maximum atomic E-state index is 12.4. The van der Waals surface area contributed by atoms with E-state index in [9.17, 15) is 4.79 Å². The van der Waals surface area contributed by atoms with Gasteiger partial charge in [0.25, 0.3) is 0 Å². The van der Waals surface area contributed by atoms with E-state index in [0.717, 1.165) is 29.7 Å². The molecule has 1 unspecified atom stereocenters. The van der Waals surface area contributed by atoms with Gasteiger partial charge in [0.1, 0.15) is 11.3 Å². The summed E-state index contributed by atoms with van der Waals surface area (Å²) in [7, 11) is 0. The highest BCUT2D eigenvalue weighted by atomic mass is 16.6. The number of aliphatic imine (C=N–C) groups is 1. The van der Waals surface area contributed by atoms with Crippen molar-refractivity contribution >= 4 is 34.5 Å². The van der Waals surface area contributed by atoms with Crippen LogP contribution in [0.5, 0.6) is 11.8 Å². The van der Waals surface area contributed by atoms with Crippen molar-refractivity contribution in [2.75, 3.05) is 18.1 Å². The van der Waals surface area contributed by atoms with Gasteiger partial charge >= 0.3 is 6.08 Å². The molecular weight excluding hydrogens is 420 g/mol. The largest absolute Gasteiger partial charge is 0.410 e. The van der Waals surface area contributed by atoms with Crippen LogP contribution in [-0.4, -0.2) is 42.4 Å². The number of aromatic nitrogens is 1. The van der Waals surface area contributed by atoms with Crippen molar-refractivity contribution < 1.29 is 18.7 Å². The zero-order valence-electron chi connectivity index (χ0n) is 18.7. The van der Waals surface area contributed by atoms with Crippen molar-refractivity contribution in [2.24, 2.45) is 10.7 Å². The minimum absolute atomic E-state index is 0.00912. The minimum Gasteiger partial charge on any atom is -0.410 e. The molecule has 8 heteroatoms. The molecule has 0 saturated carbocycles. The molecule has 170 valence electrons. The van der Waals surface area contributed by atoms with Crippen LogP contribution in [0, 0.1) is 0 Å². The fourth-order valence-electron chi connectivity index (χ4n) is 4.31. The third kappa shape index (κ3) is 3.98. The van der Waals surface area contributed by atoms with Crippen LogP contribution in [-0.2, 0) is 16.0 Å². The average molecular weight is 447 g/mol. The van der Waals surface area contributed by atoms with Gasteiger partial charge < -0.3 is 24.5 Å². The molecule has 1 saturated heterocycles. The van der Waals surface area contributed by atoms with Crippen molar-refractivity contribution in [2.45, 2.75) is 38.8 Å². The fraction of sp³-hybridized carbons (Fsp3) is 0.320. The lowest BCUT2D eigenvalue weighted by Crippen LogP contribution is -2.40. The van der Waals surface area contributed by atoms with Crippen LogP contribution in [0.15, 0.2) is 52.0 Å². The number of hydrogen-bond donors (Lipinski definition) is 1. The van der Waals surface area contributed by atoms with Crippen LogP contribution in [0.4, 0.5) is 5.69 Å². The van der Waals surface area contributed by atoms with E-state index in [4.69, 9.17) is 19.6 Å². The number of amides is 1. The van der Waals surface area contributed by atoms with Crippen molar-refractivity contribution in [1.29, 1.82) is 0 Å². The van der Waals surface area contributed by atoms with E-state index >= 15 is 0 Å². The normalized spacial score (nSPS) is 19.0. The number of nitrogens with two attached hydrogens (primary N) is 1. The van der Waals surface area contributed by atoms with Gasteiger partial charge in [0.05, 0.1) is 24.9 Å². The van der Waals surface area contributed by atoms with Crippen molar-refractivity contribution in [3.63, 3.8) is 0 Å². The molecular formula is C25H26N4O4. The van der Waals surface area contributed by atoms with E-state index in [0.29, 0.717) is 35.6 Å². The molecule has 1 aromatic heterocycles. The Bertz CT molecular complexity index is 1230. The second-order valence-electron chi connectivity index (χ2n) is 8.36. The van der Waals surface area contributed by atoms with E-state index < -0.39 is 0 Å². The second-order valence-corrected chi connectivity index (χ2v) is 8.36. The maximum absolute atomic E-state index is 12.4. The highest BCUT2D eigenvalue weighted by Gasteiger charge is 2.31. The van der Waals surface area contributed by atoms with Gasteiger partial charge in [-0.25, -0.2) is 0 Å². The summed E-state index contributed by atoms with van der Waals surface area (Å²) in [6.07, 6.45) is 4.96. The Morgan fingerprint density at radius 2 is 2.09 bits per heavy atom. The zero-order chi connectivity index (χ0) is 22.9. The van der Waals surface area contributed by atoms with Crippen molar-refractivity contribution in [3.8, 4) is 11.8 Å². The number of para-hydroxylation sites is 2. The number of oxazole rings is 1. The van der Waals surface area contributed by atoms with Crippen LogP contribution >= 0.6 is 0 Å². The number of rotatable bonds is 5. The first-order valence-electron chi connectivity index (χ1n) is 11.1. The Morgan fingerprint density at radius 3 is 2.79 bits per heavy atom. The number of nitrogens with zero attached hydrogens (tertiary/aromatic N) is 3. The fourth-order valence-corrected chi connectivity index (χ4v) is 4.31. The summed E-state index contributed by atoms with van der Waals surface area (Å²) in [4.78, 5) is 23.3. The van der Waals surface area contributed by atoms with Crippen LogP contribution < -0.4 is 15.4 Å². The first-order chi connectivity index (χ1) is 16.0. The SMILES string of the molecule is CC(=O)N1c2ccc(C(C=NC3COC3)=CN)c(Oc3nc4ccccc4o3)c2CCC1C. The zero-order valence-corrected chi connectivity index (χ0v) is 18.7. The topological polar surface area (TPSA) is 103 Å². The van der Waals surface area contributed by atoms with Gasteiger partial charge in [-0.05, 0) is 44.0 Å². The molecule has 3 heterocycles. The van der Waals surface area contributed by atoms with Crippen molar-refractivity contribution in [1.82, 2.24) is 4.98 Å². The Labute approximate surface area is 191 Å². The average Bonchev–Trinajstić information content (AvgIpc) is 3.18. The van der Waals surface area contributed by atoms with E-state index in [2.05, 4.69) is 16.9 Å². The Balaban J connectivity index is 1.62. The molecule has 5 rings (SSSR count). The van der Waals surface area contributed by atoms with E-state index in [1.165, 1.54) is 6.20 Å². The third-order valence-corrected chi connectivity index (χ3v) is 6.09. The molecule has 1 atom stereocenters. The molecule has 2 aliphatic heterocycles. The number of anilines is 1. The van der Waals surface area contributed by atoms with Crippen LogP contribution in [0.2, 0.25) is 0 Å². The lowest BCUT2D eigenvalue weighted by molar-refractivity contribution is -0.117. The molecule has 8 nitrogen and oxygen atoms in total. The minimum atomic E-state index is -0.00912. The number of hydrogen-bond acceptors (Lipinski definition) is 7. The van der Waals surface area contributed by atoms with Gasteiger partial charge in [-0.3, -0.25) is 9.79 Å². The summed E-state index contributed by atoms with van der Waals surface area (Å²) in [6, 6.07) is 11.6. The molecule has 0 spiro atoms. The van der Waals surface area contributed by atoms with Gasteiger partial charge in [-0.2, -0.15) is 4.98 Å². The number of benzene rings is 2. The summed E-state index contributed by atoms with van der Waals surface area (Å²) < 4.78 is 17.3. The first kappa shape index (κ1) is 21.2. The summed E-state index contributed by atoms with van der Waals surface area (Å²) in [5.74, 6) is 0.565. The number of allylic oxidation sites excluding steroid dienone is 1. The molecule has 33 heavy (non-hydrogen) atoms. The van der Waals surface area contributed by atoms with Crippen molar-refractivity contribution in [3.05, 3.63) is 53.7 Å². The number of fused-ring (bicyclic) bond motifs is 2. The van der Waals surface area contributed by atoms with Crippen LogP contribution in [0.3, 0.4) is 0 Å². The molecule has 2 aliphatic rings. The number of carbonyl (C=O) groups is 1. The third-order valence-electron chi connectivity index (χ3n) is 6.09. The molecule has 0 radical (unpaired) electrons. The molecule has 1 fully saturated rings. The molecule has 0 aliphatic carbocycles. The Hall–Kier alpha value is -3.65. The van der Waals surface area contributed by atoms with Gasteiger partial charge in [0, 0.05) is 42.1 Å². The first-order valence-corrected chi connectivity index (χ1v) is 11.1. The maximum Gasteiger partial charge on any atom is 0.400 e. The lowest BCUT2D eigenvalue weighted by atomic mass is 9.92. The number of carbonyl (C=O) groups excluding carboxylic acids is 1. The molecule has 0 bridgehead atoms. The predicted octanol–water partition coefficient (Wildman–Crippen LogP) is 4.08. The summed E-state index contributed by atoms with van der Waals surface area (Å²) >= 11 is 0.